The zero-order chi connectivity index (χ0) is 23.8. The minimum Gasteiger partial charge on any atom is -0.355 e. The van der Waals surface area contributed by atoms with Crippen molar-refractivity contribution in [2.45, 2.75) is 77.9 Å². The molecule has 0 spiro atoms. The van der Waals surface area contributed by atoms with E-state index in [1.165, 1.54) is 44.7 Å². The molecule has 1 saturated heterocycles. The van der Waals surface area contributed by atoms with Crippen molar-refractivity contribution in [3.8, 4) is 0 Å². The Morgan fingerprint density at radius 1 is 1.06 bits per heavy atom. The number of carbonyl (C=O) groups excluding carboxylic acids is 2. The van der Waals surface area contributed by atoms with Crippen molar-refractivity contribution >= 4 is 17.6 Å². The van der Waals surface area contributed by atoms with Gasteiger partial charge in [0.15, 0.2) is 11.6 Å². The van der Waals surface area contributed by atoms with Crippen molar-refractivity contribution < 1.29 is 18.4 Å². The lowest BCUT2D eigenvalue weighted by molar-refractivity contribution is -0.119. The average molecular weight is 463 g/mol. The molecule has 182 valence electrons. The number of nitrogens with one attached hydrogen (secondary N) is 1. The van der Waals surface area contributed by atoms with Crippen LogP contribution in [0.1, 0.15) is 64.9 Å². The van der Waals surface area contributed by atoms with Gasteiger partial charge in [0.1, 0.15) is 0 Å². The summed E-state index contributed by atoms with van der Waals surface area (Å²) < 4.78 is 28.2. The molecule has 2 heterocycles. The Balaban J connectivity index is 1.48. The van der Waals surface area contributed by atoms with E-state index in [-0.39, 0.29) is 24.5 Å². The number of hydrogen-bond donors (Lipinski definition) is 1. The van der Waals surface area contributed by atoms with Gasteiger partial charge < -0.3 is 15.1 Å². The fourth-order valence-corrected chi connectivity index (χ4v) is 5.61. The van der Waals surface area contributed by atoms with Gasteiger partial charge in [-0.05, 0) is 55.6 Å². The number of piperidine rings is 1. The number of likely N-dealkylation sites (tertiary alicyclic amines) is 1. The minimum atomic E-state index is -0.930. The van der Waals surface area contributed by atoms with Crippen LogP contribution in [-0.4, -0.2) is 60.0 Å². The predicted octanol–water partition coefficient (Wildman–Crippen LogP) is 4.28. The van der Waals surface area contributed by atoms with Crippen LogP contribution in [0.2, 0.25) is 0 Å². The number of nitrogens with zero attached hydrogens (tertiary/aromatic N) is 3. The summed E-state index contributed by atoms with van der Waals surface area (Å²) in [5.41, 5.74) is 1.51. The second kappa shape index (κ2) is 9.57. The van der Waals surface area contributed by atoms with Gasteiger partial charge in [-0.3, -0.25) is 9.69 Å². The van der Waals surface area contributed by atoms with Crippen LogP contribution >= 0.6 is 0 Å². The third kappa shape index (κ3) is 5.31. The van der Waals surface area contributed by atoms with Crippen LogP contribution in [0, 0.1) is 17.0 Å². The maximum absolute atomic E-state index is 14.1. The Kier molecular flexibility index (Phi) is 6.93. The highest BCUT2D eigenvalue weighted by Gasteiger charge is 2.39. The number of halogens is 2. The molecule has 2 aliphatic heterocycles. The highest BCUT2D eigenvalue weighted by atomic mass is 19.2. The van der Waals surface area contributed by atoms with Gasteiger partial charge in [0.2, 0.25) is 5.91 Å². The van der Waals surface area contributed by atoms with Crippen molar-refractivity contribution in [2.75, 3.05) is 31.1 Å². The molecule has 8 heteroatoms. The zero-order valence-corrected chi connectivity index (χ0v) is 20.0. The summed E-state index contributed by atoms with van der Waals surface area (Å²) in [6, 6.07) is 2.72. The molecule has 6 nitrogen and oxygen atoms in total. The molecule has 4 rings (SSSR count). The van der Waals surface area contributed by atoms with E-state index in [2.05, 4.69) is 24.1 Å². The summed E-state index contributed by atoms with van der Waals surface area (Å²) in [5.74, 6) is -2.00. The number of carbonyl (C=O) groups is 2. The number of hydrogen-bond acceptors (Lipinski definition) is 3. The molecule has 1 aromatic rings. The van der Waals surface area contributed by atoms with Gasteiger partial charge in [-0.15, -0.1) is 0 Å². The maximum atomic E-state index is 14.1. The molecule has 33 heavy (non-hydrogen) atoms. The van der Waals surface area contributed by atoms with Gasteiger partial charge >= 0.3 is 6.03 Å². The lowest BCUT2D eigenvalue weighted by Crippen LogP contribution is -2.56. The van der Waals surface area contributed by atoms with E-state index >= 15 is 0 Å². The summed E-state index contributed by atoms with van der Waals surface area (Å²) >= 11 is 0. The average Bonchev–Trinajstić information content (AvgIpc) is 2.76. The molecule has 2 fully saturated rings. The second-order valence-corrected chi connectivity index (χ2v) is 10.6. The quantitative estimate of drug-likeness (QED) is 0.711. The molecule has 0 atom stereocenters. The van der Waals surface area contributed by atoms with Crippen molar-refractivity contribution in [3.63, 3.8) is 0 Å². The first-order valence-electron chi connectivity index (χ1n) is 12.2. The maximum Gasteiger partial charge on any atom is 0.325 e. The molecule has 0 aromatic heterocycles. The van der Waals surface area contributed by atoms with Gasteiger partial charge in [0.25, 0.3) is 0 Å². The highest BCUT2D eigenvalue weighted by molar-refractivity contribution is 5.95. The van der Waals surface area contributed by atoms with Crippen LogP contribution in [0.3, 0.4) is 0 Å². The molecule has 1 aliphatic carbocycles. The van der Waals surface area contributed by atoms with E-state index in [9.17, 15) is 18.4 Å². The topological polar surface area (TPSA) is 55.9 Å². The second-order valence-electron chi connectivity index (χ2n) is 10.6. The Hall–Kier alpha value is -2.22. The lowest BCUT2D eigenvalue weighted by Gasteiger charge is -2.47. The standard InChI is InChI=1S/C25H36F2N4O2/c1-17(32)28-10-13-30-16-18-14-21(26)22(27)15-23(18)31(24(30)33)20-6-11-29(12-7-20)19-4-8-25(2,3)9-5-19/h14-15,19-20H,4-13,16H2,1-3H3,(H,28,32). The fourth-order valence-electron chi connectivity index (χ4n) is 5.61. The summed E-state index contributed by atoms with van der Waals surface area (Å²) in [7, 11) is 0. The molecule has 3 amide bonds. The van der Waals surface area contributed by atoms with Crippen molar-refractivity contribution in [3.05, 3.63) is 29.3 Å². The van der Waals surface area contributed by atoms with Crippen LogP contribution in [0.4, 0.5) is 19.3 Å². The predicted molar refractivity (Wildman–Crippen MR) is 124 cm³/mol. The summed E-state index contributed by atoms with van der Waals surface area (Å²) in [4.78, 5) is 30.5. The van der Waals surface area contributed by atoms with Crippen molar-refractivity contribution in [1.82, 2.24) is 15.1 Å². The molecule has 0 bridgehead atoms. The van der Waals surface area contributed by atoms with Crippen LogP contribution in [0.5, 0.6) is 0 Å². The van der Waals surface area contributed by atoms with Crippen LogP contribution in [-0.2, 0) is 11.3 Å². The SMILES string of the molecule is CC(=O)NCCN1Cc2cc(F)c(F)cc2N(C2CCN(C3CCC(C)(C)CC3)CC2)C1=O. The molecule has 0 radical (unpaired) electrons. The first-order valence-corrected chi connectivity index (χ1v) is 12.2. The molecular formula is C25H36F2N4O2. The number of anilines is 1. The lowest BCUT2D eigenvalue weighted by atomic mass is 9.75. The third-order valence-electron chi connectivity index (χ3n) is 7.66. The molecule has 3 aliphatic rings. The Morgan fingerprint density at radius 2 is 1.70 bits per heavy atom. The summed E-state index contributed by atoms with van der Waals surface area (Å²) in [6.45, 7) is 8.78. The zero-order valence-electron chi connectivity index (χ0n) is 20.0. The third-order valence-corrected chi connectivity index (χ3v) is 7.66. The number of benzene rings is 1. The molecule has 0 unspecified atom stereocenters. The Bertz CT molecular complexity index is 889. The largest absolute Gasteiger partial charge is 0.355 e. The van der Waals surface area contributed by atoms with E-state index < -0.39 is 11.6 Å². The first kappa shape index (κ1) is 23.9. The van der Waals surface area contributed by atoms with E-state index in [1.807, 2.05) is 0 Å². The Labute approximate surface area is 195 Å². The summed E-state index contributed by atoms with van der Waals surface area (Å²) in [5, 5.41) is 2.71. The fraction of sp³-hybridized carbons (Fsp3) is 0.680. The van der Waals surface area contributed by atoms with Crippen molar-refractivity contribution in [2.24, 2.45) is 5.41 Å². The van der Waals surface area contributed by atoms with E-state index in [0.29, 0.717) is 35.8 Å². The highest BCUT2D eigenvalue weighted by Crippen LogP contribution is 2.39. The van der Waals surface area contributed by atoms with Crippen LogP contribution in [0.25, 0.3) is 0 Å². The molecule has 1 saturated carbocycles. The van der Waals surface area contributed by atoms with E-state index in [1.54, 1.807) is 9.80 Å². The number of fused-ring (bicyclic) bond motifs is 1. The first-order chi connectivity index (χ1) is 15.6. The van der Waals surface area contributed by atoms with Gasteiger partial charge in [0, 0.05) is 57.8 Å². The van der Waals surface area contributed by atoms with Gasteiger partial charge in [-0.1, -0.05) is 13.8 Å². The van der Waals surface area contributed by atoms with Crippen LogP contribution < -0.4 is 10.2 Å². The van der Waals surface area contributed by atoms with Crippen LogP contribution in [0.15, 0.2) is 12.1 Å². The van der Waals surface area contributed by atoms with E-state index in [4.69, 9.17) is 0 Å². The smallest absolute Gasteiger partial charge is 0.325 e. The number of rotatable bonds is 5. The monoisotopic (exact) mass is 462 g/mol. The normalized spacial score (nSPS) is 22.4. The molecular weight excluding hydrogens is 426 g/mol. The number of urea groups is 1. The van der Waals surface area contributed by atoms with Gasteiger partial charge in [0.05, 0.1) is 5.69 Å². The number of amides is 3. The van der Waals surface area contributed by atoms with Crippen molar-refractivity contribution in [1.29, 1.82) is 0 Å². The Morgan fingerprint density at radius 3 is 2.33 bits per heavy atom. The summed E-state index contributed by atoms with van der Waals surface area (Å²) in [6.07, 6.45) is 6.52. The minimum absolute atomic E-state index is 0.0547. The van der Waals surface area contributed by atoms with E-state index in [0.717, 1.165) is 25.9 Å². The molecule has 1 aromatic carbocycles. The molecule has 1 N–H and O–H groups in total. The van der Waals surface area contributed by atoms with Gasteiger partial charge in [-0.2, -0.15) is 0 Å². The van der Waals surface area contributed by atoms with Gasteiger partial charge in [-0.25, -0.2) is 13.6 Å².